The fourth-order valence-electron chi connectivity index (χ4n) is 3.13. The third kappa shape index (κ3) is 3.79. The van der Waals surface area contributed by atoms with Crippen molar-refractivity contribution in [2.75, 3.05) is 5.32 Å². The third-order valence-electron chi connectivity index (χ3n) is 4.52. The number of rotatable bonds is 5. The summed E-state index contributed by atoms with van der Waals surface area (Å²) in [5, 5.41) is 3.92. The Morgan fingerprint density at radius 3 is 2.60 bits per heavy atom. The van der Waals surface area contributed by atoms with Crippen LogP contribution in [0.1, 0.15) is 30.0 Å². The van der Waals surface area contributed by atoms with Crippen LogP contribution >= 0.6 is 0 Å². The van der Waals surface area contributed by atoms with Crippen molar-refractivity contribution in [1.29, 1.82) is 0 Å². The zero-order valence-corrected chi connectivity index (χ0v) is 14.6. The van der Waals surface area contributed by atoms with Crippen molar-refractivity contribution >= 4 is 22.5 Å². The molecule has 128 valence electrons. The zero-order chi connectivity index (χ0) is 17.8. The fourth-order valence-corrected chi connectivity index (χ4v) is 3.13. The maximum atomic E-state index is 12.2. The SMILES string of the molecule is CCc1c(C)c2ccc(NC(=O)CCc3ccccc3)cc2[nH]c1=O. The highest BCUT2D eigenvalue weighted by molar-refractivity contribution is 5.94. The minimum Gasteiger partial charge on any atom is -0.326 e. The van der Waals surface area contributed by atoms with Crippen molar-refractivity contribution in [1.82, 2.24) is 4.98 Å². The molecule has 0 saturated heterocycles. The van der Waals surface area contributed by atoms with Crippen molar-refractivity contribution in [3.63, 3.8) is 0 Å². The highest BCUT2D eigenvalue weighted by Crippen LogP contribution is 2.21. The first-order valence-corrected chi connectivity index (χ1v) is 8.57. The Balaban J connectivity index is 1.75. The normalized spacial score (nSPS) is 10.8. The van der Waals surface area contributed by atoms with E-state index in [1.54, 1.807) is 0 Å². The number of nitrogens with one attached hydrogen (secondary N) is 2. The number of fused-ring (bicyclic) bond motifs is 1. The number of carbonyl (C=O) groups is 1. The van der Waals surface area contributed by atoms with Crippen LogP contribution in [-0.4, -0.2) is 10.9 Å². The molecule has 0 aliphatic carbocycles. The minimum absolute atomic E-state index is 0.0348. The number of aromatic amines is 1. The van der Waals surface area contributed by atoms with Gasteiger partial charge in [-0.1, -0.05) is 43.3 Å². The Morgan fingerprint density at radius 1 is 1.12 bits per heavy atom. The van der Waals surface area contributed by atoms with E-state index in [0.717, 1.165) is 27.6 Å². The van der Waals surface area contributed by atoms with Crippen molar-refractivity contribution in [3.8, 4) is 0 Å². The molecular formula is C21H22N2O2. The number of H-pyrrole nitrogens is 1. The van der Waals surface area contributed by atoms with Crippen LogP contribution in [0.25, 0.3) is 10.9 Å². The predicted octanol–water partition coefficient (Wildman–Crippen LogP) is 3.97. The van der Waals surface area contributed by atoms with Crippen LogP contribution in [-0.2, 0) is 17.6 Å². The van der Waals surface area contributed by atoms with Gasteiger partial charge in [-0.2, -0.15) is 0 Å². The lowest BCUT2D eigenvalue weighted by atomic mass is 10.0. The number of carbonyl (C=O) groups excluding carboxylic acids is 1. The zero-order valence-electron chi connectivity index (χ0n) is 14.6. The molecule has 0 fully saturated rings. The Bertz CT molecular complexity index is 959. The lowest BCUT2D eigenvalue weighted by Crippen LogP contribution is -2.15. The van der Waals surface area contributed by atoms with Gasteiger partial charge in [0.05, 0.1) is 5.52 Å². The molecule has 3 aromatic rings. The Hall–Kier alpha value is -2.88. The number of anilines is 1. The topological polar surface area (TPSA) is 62.0 Å². The van der Waals surface area contributed by atoms with Gasteiger partial charge in [0.15, 0.2) is 0 Å². The summed E-state index contributed by atoms with van der Waals surface area (Å²) in [5.41, 5.74) is 4.35. The molecular weight excluding hydrogens is 312 g/mol. The quantitative estimate of drug-likeness (QED) is 0.741. The van der Waals surface area contributed by atoms with Gasteiger partial charge in [0.2, 0.25) is 5.91 Å². The number of aryl methyl sites for hydroxylation is 2. The number of aromatic nitrogens is 1. The molecule has 2 N–H and O–H groups in total. The van der Waals surface area contributed by atoms with Crippen LogP contribution in [0.2, 0.25) is 0 Å². The largest absolute Gasteiger partial charge is 0.326 e. The van der Waals surface area contributed by atoms with Crippen molar-refractivity contribution < 1.29 is 4.79 Å². The molecule has 1 heterocycles. The molecule has 0 bridgehead atoms. The summed E-state index contributed by atoms with van der Waals surface area (Å²) in [7, 11) is 0. The van der Waals surface area contributed by atoms with Gasteiger partial charge in [-0.05, 0) is 43.0 Å². The molecule has 1 amide bonds. The minimum atomic E-state index is -0.0555. The van der Waals surface area contributed by atoms with Crippen LogP contribution in [0.5, 0.6) is 0 Å². The van der Waals surface area contributed by atoms with Gasteiger partial charge < -0.3 is 10.3 Å². The maximum Gasteiger partial charge on any atom is 0.251 e. The van der Waals surface area contributed by atoms with E-state index in [2.05, 4.69) is 10.3 Å². The number of amides is 1. The van der Waals surface area contributed by atoms with E-state index in [1.807, 2.05) is 62.4 Å². The summed E-state index contributed by atoms with van der Waals surface area (Å²) in [6.45, 7) is 3.94. The molecule has 0 unspecified atom stereocenters. The van der Waals surface area contributed by atoms with E-state index >= 15 is 0 Å². The van der Waals surface area contributed by atoms with Crippen LogP contribution in [0.15, 0.2) is 53.3 Å². The van der Waals surface area contributed by atoms with E-state index in [9.17, 15) is 9.59 Å². The highest BCUT2D eigenvalue weighted by Gasteiger charge is 2.09. The molecule has 0 spiro atoms. The summed E-state index contributed by atoms with van der Waals surface area (Å²) >= 11 is 0. The van der Waals surface area contributed by atoms with E-state index in [1.165, 1.54) is 0 Å². The Kier molecular flexibility index (Phi) is 4.98. The average Bonchev–Trinajstić information content (AvgIpc) is 2.61. The molecule has 25 heavy (non-hydrogen) atoms. The van der Waals surface area contributed by atoms with Gasteiger partial charge in [0.1, 0.15) is 0 Å². The van der Waals surface area contributed by atoms with Crippen molar-refractivity contribution in [2.45, 2.75) is 33.1 Å². The molecule has 0 radical (unpaired) electrons. The van der Waals surface area contributed by atoms with E-state index in [0.29, 0.717) is 24.9 Å². The van der Waals surface area contributed by atoms with Gasteiger partial charge in [0, 0.05) is 23.1 Å². The third-order valence-corrected chi connectivity index (χ3v) is 4.52. The first-order chi connectivity index (χ1) is 12.1. The number of hydrogen-bond donors (Lipinski definition) is 2. The molecule has 2 aromatic carbocycles. The average molecular weight is 334 g/mol. The predicted molar refractivity (Wildman–Crippen MR) is 102 cm³/mol. The molecule has 0 saturated carbocycles. The van der Waals surface area contributed by atoms with Gasteiger partial charge in [-0.25, -0.2) is 0 Å². The van der Waals surface area contributed by atoms with Gasteiger partial charge in [-0.15, -0.1) is 0 Å². The molecule has 4 nitrogen and oxygen atoms in total. The summed E-state index contributed by atoms with van der Waals surface area (Å²) in [6, 6.07) is 15.6. The lowest BCUT2D eigenvalue weighted by Gasteiger charge is -2.10. The number of pyridine rings is 1. The summed E-state index contributed by atoms with van der Waals surface area (Å²) < 4.78 is 0. The summed E-state index contributed by atoms with van der Waals surface area (Å²) in [4.78, 5) is 27.2. The maximum absolute atomic E-state index is 12.2. The second kappa shape index (κ2) is 7.34. The van der Waals surface area contributed by atoms with Crippen LogP contribution in [0, 0.1) is 6.92 Å². The molecule has 4 heteroatoms. The monoisotopic (exact) mass is 334 g/mol. The van der Waals surface area contributed by atoms with Crippen molar-refractivity contribution in [2.24, 2.45) is 0 Å². The Labute approximate surface area is 146 Å². The standard InChI is InChI=1S/C21H22N2O2/c1-3-17-14(2)18-11-10-16(13-19(18)23-21(17)25)22-20(24)12-9-15-7-5-4-6-8-15/h4-8,10-11,13H,3,9,12H2,1-2H3,(H,22,24)(H,23,25). The smallest absolute Gasteiger partial charge is 0.251 e. The Morgan fingerprint density at radius 2 is 1.88 bits per heavy atom. The number of hydrogen-bond acceptors (Lipinski definition) is 2. The summed E-state index contributed by atoms with van der Waals surface area (Å²) in [6.07, 6.45) is 1.83. The van der Waals surface area contributed by atoms with Crippen LogP contribution < -0.4 is 10.9 Å². The van der Waals surface area contributed by atoms with Crippen molar-refractivity contribution in [3.05, 3.63) is 75.6 Å². The second-order valence-electron chi connectivity index (χ2n) is 6.21. The fraction of sp³-hybridized carbons (Fsp3) is 0.238. The van der Waals surface area contributed by atoms with E-state index in [-0.39, 0.29) is 11.5 Å². The first kappa shape index (κ1) is 17.0. The first-order valence-electron chi connectivity index (χ1n) is 8.57. The number of benzene rings is 2. The van der Waals surface area contributed by atoms with Crippen LogP contribution in [0.4, 0.5) is 5.69 Å². The van der Waals surface area contributed by atoms with Gasteiger partial charge >= 0.3 is 0 Å². The van der Waals surface area contributed by atoms with Gasteiger partial charge in [-0.3, -0.25) is 9.59 Å². The van der Waals surface area contributed by atoms with E-state index in [4.69, 9.17) is 0 Å². The molecule has 0 atom stereocenters. The molecule has 3 rings (SSSR count). The lowest BCUT2D eigenvalue weighted by molar-refractivity contribution is -0.116. The molecule has 1 aromatic heterocycles. The summed E-state index contributed by atoms with van der Waals surface area (Å²) in [5.74, 6) is -0.0348. The molecule has 0 aliphatic rings. The van der Waals surface area contributed by atoms with Gasteiger partial charge in [0.25, 0.3) is 5.56 Å². The highest BCUT2D eigenvalue weighted by atomic mass is 16.1. The van der Waals surface area contributed by atoms with Crippen LogP contribution in [0.3, 0.4) is 0 Å². The van der Waals surface area contributed by atoms with E-state index < -0.39 is 0 Å². The second-order valence-corrected chi connectivity index (χ2v) is 6.21. The molecule has 0 aliphatic heterocycles.